The number of nitrogens with one attached hydrogen (secondary N) is 1. The maximum Gasteiger partial charge on any atom is 0.282 e. The van der Waals surface area contributed by atoms with E-state index in [2.05, 4.69) is 10.3 Å². The van der Waals surface area contributed by atoms with Gasteiger partial charge in [0.25, 0.3) is 5.91 Å². The molecule has 1 aromatic carbocycles. The summed E-state index contributed by atoms with van der Waals surface area (Å²) < 4.78 is 1.05. The topological polar surface area (TPSA) is 62.3 Å². The number of rotatable bonds is 1. The molecule has 0 radical (unpaired) electrons. The maximum atomic E-state index is 12.6. The summed E-state index contributed by atoms with van der Waals surface area (Å²) in [5.74, 6) is 0.166. The van der Waals surface area contributed by atoms with Gasteiger partial charge in [0.05, 0.1) is 10.2 Å². The van der Waals surface area contributed by atoms with Crippen LogP contribution >= 0.6 is 11.3 Å². The molecule has 0 saturated carbocycles. The molecular formula is C16H17N3O2S. The molecule has 5 nitrogen and oxygen atoms in total. The highest BCUT2D eigenvalue weighted by molar-refractivity contribution is 7.20. The van der Waals surface area contributed by atoms with E-state index in [1.54, 1.807) is 0 Å². The van der Waals surface area contributed by atoms with Gasteiger partial charge in [-0.2, -0.15) is 0 Å². The van der Waals surface area contributed by atoms with Crippen LogP contribution in [0.3, 0.4) is 0 Å². The Morgan fingerprint density at radius 3 is 2.73 bits per heavy atom. The lowest BCUT2D eigenvalue weighted by molar-refractivity contribution is -0.119. The number of likely N-dealkylation sites (tertiary alicyclic amines) is 1. The maximum absolute atomic E-state index is 12.6. The predicted octanol–water partition coefficient (Wildman–Crippen LogP) is 2.04. The molecule has 2 fully saturated rings. The number of nitrogens with zero attached hydrogens (tertiary/aromatic N) is 2. The number of amides is 2. The highest BCUT2D eigenvalue weighted by Gasteiger charge is 2.41. The second kappa shape index (κ2) is 5.05. The second-order valence-electron chi connectivity index (χ2n) is 6.23. The van der Waals surface area contributed by atoms with E-state index in [4.69, 9.17) is 0 Å². The Balaban J connectivity index is 1.49. The minimum absolute atomic E-state index is 0.0216. The SMILES string of the molecule is O=C1CC2(CCN(C(=O)c3nc4ccccc4s3)CC2)CN1. The van der Waals surface area contributed by atoms with Crippen LogP contribution in [-0.4, -0.2) is 41.3 Å². The van der Waals surface area contributed by atoms with Crippen molar-refractivity contribution in [3.63, 3.8) is 0 Å². The molecule has 3 heterocycles. The Bertz CT molecular complexity index is 714. The number of benzene rings is 1. The highest BCUT2D eigenvalue weighted by Crippen LogP contribution is 2.38. The summed E-state index contributed by atoms with van der Waals surface area (Å²) in [5, 5.41) is 3.49. The molecule has 0 aliphatic carbocycles. The molecule has 1 N–H and O–H groups in total. The zero-order valence-corrected chi connectivity index (χ0v) is 13.0. The monoisotopic (exact) mass is 315 g/mol. The first kappa shape index (κ1) is 13.7. The zero-order chi connectivity index (χ0) is 15.2. The molecular weight excluding hydrogens is 298 g/mol. The van der Waals surface area contributed by atoms with E-state index in [1.807, 2.05) is 29.2 Å². The fourth-order valence-corrected chi connectivity index (χ4v) is 4.32. The molecule has 4 rings (SSSR count). The third-order valence-corrected chi connectivity index (χ3v) is 5.81. The van der Waals surface area contributed by atoms with E-state index in [0.717, 1.165) is 29.6 Å². The van der Waals surface area contributed by atoms with Gasteiger partial charge in [-0.15, -0.1) is 11.3 Å². The van der Waals surface area contributed by atoms with Crippen LogP contribution in [0.4, 0.5) is 0 Å². The van der Waals surface area contributed by atoms with Crippen LogP contribution < -0.4 is 5.32 Å². The molecule has 0 bridgehead atoms. The number of hydrogen-bond donors (Lipinski definition) is 1. The average Bonchev–Trinajstić information content (AvgIpc) is 3.11. The van der Waals surface area contributed by atoms with Crippen molar-refractivity contribution in [3.05, 3.63) is 29.3 Å². The van der Waals surface area contributed by atoms with Gasteiger partial charge in [-0.1, -0.05) is 12.1 Å². The van der Waals surface area contributed by atoms with Crippen LogP contribution in [0.1, 0.15) is 29.1 Å². The normalized spacial score (nSPS) is 20.5. The van der Waals surface area contributed by atoms with Gasteiger partial charge in [-0.3, -0.25) is 9.59 Å². The Morgan fingerprint density at radius 2 is 2.05 bits per heavy atom. The Kier molecular flexibility index (Phi) is 3.14. The smallest absolute Gasteiger partial charge is 0.282 e. The van der Waals surface area contributed by atoms with Crippen LogP contribution in [0.5, 0.6) is 0 Å². The quantitative estimate of drug-likeness (QED) is 0.876. The summed E-state index contributed by atoms with van der Waals surface area (Å²) in [4.78, 5) is 30.4. The van der Waals surface area contributed by atoms with E-state index >= 15 is 0 Å². The van der Waals surface area contributed by atoms with Crippen LogP contribution in [0.2, 0.25) is 0 Å². The Hall–Kier alpha value is -1.95. The van der Waals surface area contributed by atoms with E-state index in [-0.39, 0.29) is 17.2 Å². The molecule has 2 aromatic rings. The van der Waals surface area contributed by atoms with E-state index in [1.165, 1.54) is 11.3 Å². The van der Waals surface area contributed by atoms with Crippen molar-refractivity contribution in [3.8, 4) is 0 Å². The van der Waals surface area contributed by atoms with Crippen molar-refractivity contribution in [2.24, 2.45) is 5.41 Å². The lowest BCUT2D eigenvalue weighted by Crippen LogP contribution is -2.44. The fraction of sp³-hybridized carbons (Fsp3) is 0.438. The summed E-state index contributed by atoms with van der Waals surface area (Å²) in [6, 6.07) is 7.82. The largest absolute Gasteiger partial charge is 0.356 e. The van der Waals surface area contributed by atoms with Crippen LogP contribution in [0.15, 0.2) is 24.3 Å². The predicted molar refractivity (Wildman–Crippen MR) is 84.8 cm³/mol. The number of aromatic nitrogens is 1. The van der Waals surface area contributed by atoms with Gasteiger partial charge in [-0.25, -0.2) is 4.98 Å². The Labute approximate surface area is 132 Å². The third kappa shape index (κ3) is 2.27. The van der Waals surface area contributed by atoms with Crippen molar-refractivity contribution in [2.45, 2.75) is 19.3 Å². The molecule has 2 aliphatic heterocycles. The zero-order valence-electron chi connectivity index (χ0n) is 12.2. The summed E-state index contributed by atoms with van der Waals surface area (Å²) >= 11 is 1.45. The molecule has 1 aromatic heterocycles. The highest BCUT2D eigenvalue weighted by atomic mass is 32.1. The van der Waals surface area contributed by atoms with Crippen molar-refractivity contribution < 1.29 is 9.59 Å². The summed E-state index contributed by atoms with van der Waals surface area (Å²) in [5.41, 5.74) is 0.955. The van der Waals surface area contributed by atoms with Crippen molar-refractivity contribution in [2.75, 3.05) is 19.6 Å². The van der Waals surface area contributed by atoms with Gasteiger partial charge in [0.2, 0.25) is 5.91 Å². The molecule has 2 aliphatic rings. The number of hydrogen-bond acceptors (Lipinski definition) is 4. The van der Waals surface area contributed by atoms with E-state index in [9.17, 15) is 9.59 Å². The summed E-state index contributed by atoms with van der Waals surface area (Å²) in [6.07, 6.45) is 2.39. The molecule has 0 unspecified atom stereocenters. The number of thiazole rings is 1. The first-order valence-corrected chi connectivity index (χ1v) is 8.38. The lowest BCUT2D eigenvalue weighted by atomic mass is 9.77. The molecule has 2 saturated heterocycles. The van der Waals surface area contributed by atoms with E-state index in [0.29, 0.717) is 24.5 Å². The van der Waals surface area contributed by atoms with Crippen molar-refractivity contribution in [1.29, 1.82) is 0 Å². The first-order valence-electron chi connectivity index (χ1n) is 7.57. The van der Waals surface area contributed by atoms with Gasteiger partial charge >= 0.3 is 0 Å². The molecule has 2 amide bonds. The molecule has 22 heavy (non-hydrogen) atoms. The van der Waals surface area contributed by atoms with Crippen LogP contribution in [-0.2, 0) is 4.79 Å². The number of carbonyl (C=O) groups is 2. The Morgan fingerprint density at radius 1 is 1.27 bits per heavy atom. The average molecular weight is 315 g/mol. The van der Waals surface area contributed by atoms with Crippen molar-refractivity contribution >= 4 is 33.4 Å². The van der Waals surface area contributed by atoms with E-state index < -0.39 is 0 Å². The minimum atomic E-state index is 0.0216. The number of fused-ring (bicyclic) bond motifs is 1. The van der Waals surface area contributed by atoms with Gasteiger partial charge in [-0.05, 0) is 30.4 Å². The lowest BCUT2D eigenvalue weighted by Gasteiger charge is -2.37. The minimum Gasteiger partial charge on any atom is -0.356 e. The molecule has 1 spiro atoms. The molecule has 6 heteroatoms. The standard InChI is InChI=1S/C16H17N3O2S/c20-13-9-16(10-17-13)5-7-19(8-6-16)15(21)14-18-11-3-1-2-4-12(11)22-14/h1-4H,5-10H2,(H,17,20). The van der Waals surface area contributed by atoms with Crippen LogP contribution in [0.25, 0.3) is 10.2 Å². The number of piperidine rings is 1. The second-order valence-corrected chi connectivity index (χ2v) is 7.26. The number of carbonyl (C=O) groups excluding carboxylic acids is 2. The molecule has 0 atom stereocenters. The van der Waals surface area contributed by atoms with Gasteiger partial charge in [0, 0.05) is 26.1 Å². The molecule has 114 valence electrons. The fourth-order valence-electron chi connectivity index (χ4n) is 3.39. The first-order chi connectivity index (χ1) is 10.7. The number of para-hydroxylation sites is 1. The third-order valence-electron chi connectivity index (χ3n) is 4.78. The van der Waals surface area contributed by atoms with Gasteiger partial charge in [0.1, 0.15) is 0 Å². The van der Waals surface area contributed by atoms with Crippen molar-refractivity contribution in [1.82, 2.24) is 15.2 Å². The van der Waals surface area contributed by atoms with Gasteiger partial charge in [0.15, 0.2) is 5.01 Å². The van der Waals surface area contributed by atoms with Gasteiger partial charge < -0.3 is 10.2 Å². The summed E-state index contributed by atoms with van der Waals surface area (Å²) in [7, 11) is 0. The summed E-state index contributed by atoms with van der Waals surface area (Å²) in [6.45, 7) is 2.18. The van der Waals surface area contributed by atoms with Crippen LogP contribution in [0, 0.1) is 5.41 Å².